The molecular formula is C34H50N6O7. The number of urea groups is 2. The Bertz CT molecular complexity index is 1280. The summed E-state index contributed by atoms with van der Waals surface area (Å²) in [6, 6.07) is 14.9. The van der Waals surface area contributed by atoms with Crippen LogP contribution in [0.5, 0.6) is 5.75 Å². The Labute approximate surface area is 276 Å². The molecule has 2 heterocycles. The van der Waals surface area contributed by atoms with E-state index in [1.807, 2.05) is 59.2 Å². The number of rotatable bonds is 11. The van der Waals surface area contributed by atoms with Crippen LogP contribution in [0, 0.1) is 18.8 Å². The maximum absolute atomic E-state index is 12.3. The van der Waals surface area contributed by atoms with Crippen LogP contribution in [0.1, 0.15) is 69.8 Å². The van der Waals surface area contributed by atoms with Gasteiger partial charge < -0.3 is 25.2 Å². The first kappa shape index (κ1) is 37.1. The van der Waals surface area contributed by atoms with Crippen LogP contribution in [0.15, 0.2) is 48.5 Å². The molecule has 0 radical (unpaired) electrons. The second kappa shape index (κ2) is 20.0. The number of carbonyl (C=O) groups excluding carboxylic acids is 4. The van der Waals surface area contributed by atoms with E-state index in [9.17, 15) is 19.2 Å². The minimum atomic E-state index is -0.342. The molecule has 2 aliphatic rings. The molecule has 0 saturated carbocycles. The third-order valence-electron chi connectivity index (χ3n) is 8.71. The van der Waals surface area contributed by atoms with Crippen molar-refractivity contribution < 1.29 is 34.3 Å². The Kier molecular flexibility index (Phi) is 15.8. The Hall–Kier alpha value is -4.36. The van der Waals surface area contributed by atoms with Crippen LogP contribution in [0.4, 0.5) is 21.0 Å². The molecule has 2 aliphatic heterocycles. The number of nitrogens with zero attached hydrogens (tertiary/aromatic N) is 2. The van der Waals surface area contributed by atoms with Gasteiger partial charge in [-0.15, -0.1) is 0 Å². The Morgan fingerprint density at radius 1 is 0.723 bits per heavy atom. The Morgan fingerprint density at radius 3 is 1.64 bits per heavy atom. The molecule has 0 atom stereocenters. The number of hydrogen-bond donors (Lipinski definition) is 6. The maximum atomic E-state index is 12.3. The minimum absolute atomic E-state index is 0.0491. The monoisotopic (exact) mass is 654 g/mol. The number of likely N-dealkylation sites (tertiary alicyclic amines) is 2. The van der Waals surface area contributed by atoms with Crippen LogP contribution in [-0.4, -0.2) is 77.4 Å². The highest BCUT2D eigenvalue weighted by Gasteiger charge is 2.24. The number of hydrogen-bond acceptors (Lipinski definition) is 7. The third kappa shape index (κ3) is 13.5. The fourth-order valence-electron chi connectivity index (χ4n) is 5.81. The van der Waals surface area contributed by atoms with Gasteiger partial charge in [-0.05, 0) is 94.4 Å². The van der Waals surface area contributed by atoms with Gasteiger partial charge in [0.05, 0.1) is 7.11 Å². The first-order valence-corrected chi connectivity index (χ1v) is 16.4. The van der Waals surface area contributed by atoms with Crippen LogP contribution < -0.4 is 26.3 Å². The maximum Gasteiger partial charge on any atom is 0.321 e. The van der Waals surface area contributed by atoms with Gasteiger partial charge in [-0.2, -0.15) is 0 Å². The lowest BCUT2D eigenvalue weighted by atomic mass is 9.91. The Balaban J connectivity index is 0.000000256. The standard InChI is InChI=1S/C17H25N3O4.C17H25N3O3/c1-24-15-6-3-5-14(12-15)18-17(22)20-10-8-13(9-11-20)4-2-7-16(21)19-23;1-13-5-7-15(8-6-13)18-17(22)20-11-9-14(10-12-20)3-2-4-16(21)19-23/h3,5-6,12-13,23H,2,4,7-11H2,1H3,(H,18,22)(H,19,21);5-8,14,23H,2-4,9-12H2,1H3,(H,18,22)(H,19,21). The zero-order valence-electron chi connectivity index (χ0n) is 27.5. The van der Waals surface area contributed by atoms with Crippen molar-refractivity contribution in [3.63, 3.8) is 0 Å². The van der Waals surface area contributed by atoms with E-state index in [0.29, 0.717) is 43.5 Å². The molecule has 0 unspecified atom stereocenters. The van der Waals surface area contributed by atoms with Gasteiger partial charge in [-0.3, -0.25) is 20.0 Å². The van der Waals surface area contributed by atoms with Crippen LogP contribution in [0.2, 0.25) is 0 Å². The fraction of sp³-hybridized carbons (Fsp3) is 0.529. The molecule has 4 rings (SSSR count). The first-order chi connectivity index (χ1) is 22.7. The summed E-state index contributed by atoms with van der Waals surface area (Å²) in [7, 11) is 1.59. The predicted octanol–water partition coefficient (Wildman–Crippen LogP) is 5.53. The SMILES string of the molecule is COc1cccc(NC(=O)N2CCC(CCCC(=O)NO)CC2)c1.Cc1ccc(NC(=O)N2CCC(CCCC(=O)NO)CC2)cc1. The van der Waals surface area contributed by atoms with Gasteiger partial charge in [0.15, 0.2) is 0 Å². The number of benzene rings is 2. The normalized spacial score (nSPS) is 15.1. The number of carbonyl (C=O) groups is 4. The second-order valence-corrected chi connectivity index (χ2v) is 12.2. The molecule has 6 amide bonds. The van der Waals surface area contributed by atoms with Gasteiger partial charge in [0.1, 0.15) is 5.75 Å². The van der Waals surface area contributed by atoms with E-state index in [4.69, 9.17) is 15.2 Å². The number of amides is 6. The van der Waals surface area contributed by atoms with E-state index in [1.54, 1.807) is 24.1 Å². The molecule has 0 aliphatic carbocycles. The highest BCUT2D eigenvalue weighted by atomic mass is 16.5. The number of aryl methyl sites for hydroxylation is 1. The van der Waals surface area contributed by atoms with Gasteiger partial charge in [0.25, 0.3) is 0 Å². The molecule has 47 heavy (non-hydrogen) atoms. The van der Waals surface area contributed by atoms with Crippen molar-refractivity contribution in [2.24, 2.45) is 11.8 Å². The van der Waals surface area contributed by atoms with Crippen molar-refractivity contribution in [3.05, 3.63) is 54.1 Å². The van der Waals surface area contributed by atoms with E-state index >= 15 is 0 Å². The lowest BCUT2D eigenvalue weighted by molar-refractivity contribution is -0.130. The molecule has 0 aromatic heterocycles. The van der Waals surface area contributed by atoms with Crippen molar-refractivity contribution in [1.29, 1.82) is 0 Å². The fourth-order valence-corrected chi connectivity index (χ4v) is 5.81. The minimum Gasteiger partial charge on any atom is -0.497 e. The van der Waals surface area contributed by atoms with Crippen molar-refractivity contribution in [3.8, 4) is 5.75 Å². The molecule has 2 aromatic carbocycles. The summed E-state index contributed by atoms with van der Waals surface area (Å²) >= 11 is 0. The summed E-state index contributed by atoms with van der Waals surface area (Å²) in [4.78, 5) is 50.2. The lowest BCUT2D eigenvalue weighted by Gasteiger charge is -2.32. The van der Waals surface area contributed by atoms with Crippen LogP contribution in [-0.2, 0) is 9.59 Å². The van der Waals surface area contributed by atoms with Gasteiger partial charge in [0.2, 0.25) is 11.8 Å². The van der Waals surface area contributed by atoms with Gasteiger partial charge in [0, 0.05) is 56.5 Å². The summed E-state index contributed by atoms with van der Waals surface area (Å²) in [5.41, 5.74) is 6.00. The van der Waals surface area contributed by atoms with Crippen molar-refractivity contribution >= 4 is 35.3 Å². The number of hydroxylamine groups is 2. The smallest absolute Gasteiger partial charge is 0.321 e. The van der Waals surface area contributed by atoms with Crippen LogP contribution in [0.25, 0.3) is 0 Å². The highest BCUT2D eigenvalue weighted by Crippen LogP contribution is 2.25. The van der Waals surface area contributed by atoms with Crippen molar-refractivity contribution in [1.82, 2.24) is 20.8 Å². The molecule has 2 aromatic rings. The third-order valence-corrected chi connectivity index (χ3v) is 8.71. The number of methoxy groups -OCH3 is 1. The average molecular weight is 655 g/mol. The first-order valence-electron chi connectivity index (χ1n) is 16.4. The van der Waals surface area contributed by atoms with Crippen LogP contribution in [0.3, 0.4) is 0 Å². The van der Waals surface area contributed by atoms with E-state index < -0.39 is 0 Å². The summed E-state index contributed by atoms with van der Waals surface area (Å²) in [5, 5.41) is 22.7. The van der Waals surface area contributed by atoms with E-state index in [1.165, 1.54) is 5.56 Å². The Morgan fingerprint density at radius 2 is 1.19 bits per heavy atom. The number of anilines is 2. The van der Waals surface area contributed by atoms with Gasteiger partial charge >= 0.3 is 12.1 Å². The number of ether oxygens (including phenoxy) is 1. The van der Waals surface area contributed by atoms with Gasteiger partial charge in [-0.1, -0.05) is 23.8 Å². The molecule has 258 valence electrons. The number of piperidine rings is 2. The second-order valence-electron chi connectivity index (χ2n) is 12.2. The van der Waals surface area contributed by atoms with Crippen LogP contribution >= 0.6 is 0 Å². The summed E-state index contributed by atoms with van der Waals surface area (Å²) in [6.07, 6.45) is 7.92. The molecule has 13 nitrogen and oxygen atoms in total. The summed E-state index contributed by atoms with van der Waals surface area (Å²) in [6.45, 7) is 4.93. The van der Waals surface area contributed by atoms with E-state index in [-0.39, 0.29) is 23.9 Å². The van der Waals surface area contributed by atoms with E-state index in [2.05, 4.69) is 10.6 Å². The largest absolute Gasteiger partial charge is 0.497 e. The summed E-state index contributed by atoms with van der Waals surface area (Å²) in [5.74, 6) is 1.10. The molecule has 6 N–H and O–H groups in total. The van der Waals surface area contributed by atoms with E-state index in [0.717, 1.165) is 75.8 Å². The topological polar surface area (TPSA) is 173 Å². The molecule has 13 heteroatoms. The average Bonchev–Trinajstić information content (AvgIpc) is 3.10. The molecule has 2 fully saturated rings. The highest BCUT2D eigenvalue weighted by molar-refractivity contribution is 5.90. The van der Waals surface area contributed by atoms with Gasteiger partial charge in [-0.25, -0.2) is 20.5 Å². The molecule has 0 spiro atoms. The molecule has 2 saturated heterocycles. The number of nitrogens with one attached hydrogen (secondary N) is 4. The summed E-state index contributed by atoms with van der Waals surface area (Å²) < 4.78 is 5.15. The van der Waals surface area contributed by atoms with Crippen molar-refractivity contribution in [2.45, 2.75) is 71.1 Å². The lowest BCUT2D eigenvalue weighted by Crippen LogP contribution is -2.41. The quantitative estimate of drug-likeness (QED) is 0.137. The molecular weight excluding hydrogens is 604 g/mol. The zero-order valence-corrected chi connectivity index (χ0v) is 27.5. The van der Waals surface area contributed by atoms with Crippen molar-refractivity contribution in [2.75, 3.05) is 43.9 Å². The molecule has 0 bridgehead atoms. The predicted molar refractivity (Wildman–Crippen MR) is 178 cm³/mol. The zero-order chi connectivity index (χ0) is 34.0.